The molecule has 1 saturated heterocycles. The van der Waals surface area contributed by atoms with Crippen molar-refractivity contribution in [3.8, 4) is 0 Å². The van der Waals surface area contributed by atoms with Crippen LogP contribution in [0.1, 0.15) is 35.0 Å². The Hall–Kier alpha value is -2.48. The van der Waals surface area contributed by atoms with Gasteiger partial charge in [-0.05, 0) is 25.8 Å². The lowest BCUT2D eigenvalue weighted by molar-refractivity contribution is 0.0945. The van der Waals surface area contributed by atoms with Gasteiger partial charge in [0.25, 0.3) is 5.91 Å². The number of anilines is 1. The molecule has 0 bridgehead atoms. The van der Waals surface area contributed by atoms with Crippen molar-refractivity contribution in [2.24, 2.45) is 0 Å². The van der Waals surface area contributed by atoms with Crippen molar-refractivity contribution in [3.63, 3.8) is 0 Å². The Morgan fingerprint density at radius 2 is 2.11 bits per heavy atom. The van der Waals surface area contributed by atoms with E-state index < -0.39 is 9.84 Å². The first-order chi connectivity index (χ1) is 12.9. The Labute approximate surface area is 159 Å². The molecule has 2 heterocycles. The molecule has 144 valence electrons. The molecule has 1 N–H and O–H groups in total. The highest BCUT2D eigenvalue weighted by atomic mass is 32.2. The first-order valence-corrected chi connectivity index (χ1v) is 10.8. The van der Waals surface area contributed by atoms with Crippen molar-refractivity contribution >= 4 is 21.6 Å². The first-order valence-electron chi connectivity index (χ1n) is 9.01. The normalized spacial score (nSPS) is 18.2. The third kappa shape index (κ3) is 4.82. The van der Waals surface area contributed by atoms with Crippen LogP contribution in [-0.2, 0) is 16.4 Å². The number of sulfone groups is 1. The Bertz CT molecular complexity index is 913. The van der Waals surface area contributed by atoms with Crippen LogP contribution in [0.5, 0.6) is 0 Å². The summed E-state index contributed by atoms with van der Waals surface area (Å²) in [7, 11) is -2.97. The fourth-order valence-corrected chi connectivity index (χ4v) is 5.04. The quantitative estimate of drug-likeness (QED) is 0.810. The van der Waals surface area contributed by atoms with E-state index >= 15 is 0 Å². The maximum Gasteiger partial charge on any atom is 0.271 e. The molecule has 1 aromatic heterocycles. The predicted octanol–water partition coefficient (Wildman–Crippen LogP) is 1.73. The Morgan fingerprint density at radius 3 is 2.70 bits per heavy atom. The number of carbonyl (C=O) groups is 1. The number of carbonyl (C=O) groups excluding carboxylic acids is 1. The standard InChI is InChI=1S/C19H24N4O3S/c1-3-23(16-7-8-27(25,26)13-16)18-12-20-17(11-21-18)19(24)22-10-15-6-4-5-14(2)9-15/h4-6,9,11-12,16H,3,7-8,10,13H2,1-2H3,(H,22,24). The molecule has 3 rings (SSSR count). The third-order valence-corrected chi connectivity index (χ3v) is 6.44. The van der Waals surface area contributed by atoms with Gasteiger partial charge in [-0.1, -0.05) is 29.8 Å². The van der Waals surface area contributed by atoms with E-state index in [0.29, 0.717) is 25.3 Å². The molecule has 0 radical (unpaired) electrons. The molecule has 2 aromatic rings. The SMILES string of the molecule is CCN(c1cnc(C(=O)NCc2cccc(C)c2)cn1)C1CCS(=O)(=O)C1. The smallest absolute Gasteiger partial charge is 0.271 e. The predicted molar refractivity (Wildman–Crippen MR) is 104 cm³/mol. The molecular weight excluding hydrogens is 364 g/mol. The van der Waals surface area contributed by atoms with E-state index in [0.717, 1.165) is 11.1 Å². The van der Waals surface area contributed by atoms with E-state index in [2.05, 4.69) is 15.3 Å². The summed E-state index contributed by atoms with van der Waals surface area (Å²) in [6.07, 6.45) is 3.57. The number of aryl methyl sites for hydroxylation is 1. The molecule has 27 heavy (non-hydrogen) atoms. The van der Waals surface area contributed by atoms with Crippen molar-refractivity contribution in [1.82, 2.24) is 15.3 Å². The average Bonchev–Trinajstić information content (AvgIpc) is 3.00. The fourth-order valence-electron chi connectivity index (χ4n) is 3.31. The molecule has 1 amide bonds. The zero-order chi connectivity index (χ0) is 19.4. The number of nitrogens with one attached hydrogen (secondary N) is 1. The molecule has 1 aliphatic heterocycles. The number of hydrogen-bond donors (Lipinski definition) is 1. The van der Waals surface area contributed by atoms with Crippen molar-refractivity contribution in [2.45, 2.75) is 32.9 Å². The second-order valence-corrected chi connectivity index (χ2v) is 9.00. The van der Waals surface area contributed by atoms with Crippen LogP contribution < -0.4 is 10.2 Å². The molecule has 1 atom stereocenters. The molecule has 1 aromatic carbocycles. The van der Waals surface area contributed by atoms with Crippen LogP contribution in [0.2, 0.25) is 0 Å². The summed E-state index contributed by atoms with van der Waals surface area (Å²) >= 11 is 0. The van der Waals surface area contributed by atoms with E-state index in [1.807, 2.05) is 43.0 Å². The lowest BCUT2D eigenvalue weighted by atomic mass is 10.1. The van der Waals surface area contributed by atoms with Gasteiger partial charge >= 0.3 is 0 Å². The first kappa shape index (κ1) is 19.3. The second-order valence-electron chi connectivity index (χ2n) is 6.77. The summed E-state index contributed by atoms with van der Waals surface area (Å²) in [6.45, 7) is 5.01. The van der Waals surface area contributed by atoms with Crippen molar-refractivity contribution in [3.05, 3.63) is 53.5 Å². The summed E-state index contributed by atoms with van der Waals surface area (Å²) in [6, 6.07) is 7.84. The summed E-state index contributed by atoms with van der Waals surface area (Å²) in [4.78, 5) is 22.8. The number of amides is 1. The van der Waals surface area contributed by atoms with Gasteiger partial charge in [0.1, 0.15) is 11.5 Å². The van der Waals surface area contributed by atoms with Gasteiger partial charge in [0, 0.05) is 19.1 Å². The van der Waals surface area contributed by atoms with Crippen LogP contribution in [0, 0.1) is 6.92 Å². The molecule has 1 unspecified atom stereocenters. The summed E-state index contributed by atoms with van der Waals surface area (Å²) in [5, 5.41) is 2.84. The molecule has 1 aliphatic rings. The van der Waals surface area contributed by atoms with Crippen LogP contribution in [-0.4, -0.2) is 48.4 Å². The van der Waals surface area contributed by atoms with E-state index in [-0.39, 0.29) is 29.1 Å². The van der Waals surface area contributed by atoms with Gasteiger partial charge < -0.3 is 10.2 Å². The van der Waals surface area contributed by atoms with Gasteiger partial charge in [0.15, 0.2) is 9.84 Å². The van der Waals surface area contributed by atoms with Crippen LogP contribution in [0.25, 0.3) is 0 Å². The van der Waals surface area contributed by atoms with Gasteiger partial charge in [0.05, 0.1) is 23.9 Å². The lowest BCUT2D eigenvalue weighted by Crippen LogP contribution is -2.37. The highest BCUT2D eigenvalue weighted by molar-refractivity contribution is 7.91. The Kier molecular flexibility index (Phi) is 5.74. The molecular formula is C19H24N4O3S. The zero-order valence-electron chi connectivity index (χ0n) is 15.6. The number of benzene rings is 1. The van der Waals surface area contributed by atoms with Crippen LogP contribution in [0.15, 0.2) is 36.7 Å². The van der Waals surface area contributed by atoms with Gasteiger partial charge in [-0.25, -0.2) is 18.4 Å². The minimum absolute atomic E-state index is 0.0877. The van der Waals surface area contributed by atoms with Crippen LogP contribution >= 0.6 is 0 Å². The lowest BCUT2D eigenvalue weighted by Gasteiger charge is -2.27. The average molecular weight is 388 g/mol. The maximum atomic E-state index is 12.3. The number of hydrogen-bond acceptors (Lipinski definition) is 6. The molecule has 8 heteroatoms. The van der Waals surface area contributed by atoms with E-state index in [1.165, 1.54) is 12.4 Å². The maximum absolute atomic E-state index is 12.3. The summed E-state index contributed by atoms with van der Waals surface area (Å²) < 4.78 is 23.5. The van der Waals surface area contributed by atoms with Crippen molar-refractivity contribution in [1.29, 1.82) is 0 Å². The molecule has 1 fully saturated rings. The van der Waals surface area contributed by atoms with Gasteiger partial charge in [-0.2, -0.15) is 0 Å². The topological polar surface area (TPSA) is 92.3 Å². The number of aromatic nitrogens is 2. The van der Waals surface area contributed by atoms with E-state index in [9.17, 15) is 13.2 Å². The van der Waals surface area contributed by atoms with Gasteiger partial charge in [-0.3, -0.25) is 4.79 Å². The second kappa shape index (κ2) is 8.04. The fraction of sp³-hybridized carbons (Fsp3) is 0.421. The molecule has 0 spiro atoms. The largest absolute Gasteiger partial charge is 0.352 e. The van der Waals surface area contributed by atoms with E-state index in [4.69, 9.17) is 0 Å². The minimum atomic E-state index is -2.97. The summed E-state index contributed by atoms with van der Waals surface area (Å²) in [5.41, 5.74) is 2.40. The van der Waals surface area contributed by atoms with Crippen molar-refractivity contribution in [2.75, 3.05) is 23.0 Å². The summed E-state index contributed by atoms with van der Waals surface area (Å²) in [5.74, 6) is 0.652. The molecule has 0 saturated carbocycles. The Morgan fingerprint density at radius 1 is 1.30 bits per heavy atom. The van der Waals surface area contributed by atoms with Crippen LogP contribution in [0.3, 0.4) is 0 Å². The highest BCUT2D eigenvalue weighted by Gasteiger charge is 2.32. The van der Waals surface area contributed by atoms with Gasteiger partial charge in [-0.15, -0.1) is 0 Å². The monoisotopic (exact) mass is 388 g/mol. The minimum Gasteiger partial charge on any atom is -0.352 e. The number of nitrogens with zero attached hydrogens (tertiary/aromatic N) is 3. The van der Waals surface area contributed by atoms with Gasteiger partial charge in [0.2, 0.25) is 0 Å². The zero-order valence-corrected chi connectivity index (χ0v) is 16.4. The number of rotatable bonds is 6. The highest BCUT2D eigenvalue weighted by Crippen LogP contribution is 2.22. The Balaban J connectivity index is 1.64. The van der Waals surface area contributed by atoms with E-state index in [1.54, 1.807) is 0 Å². The third-order valence-electron chi connectivity index (χ3n) is 4.69. The van der Waals surface area contributed by atoms with Crippen molar-refractivity contribution < 1.29 is 13.2 Å². The molecule has 0 aliphatic carbocycles. The molecule has 7 nitrogen and oxygen atoms in total. The van der Waals surface area contributed by atoms with Crippen LogP contribution in [0.4, 0.5) is 5.82 Å².